The zero-order valence-electron chi connectivity index (χ0n) is 16.5. The molecule has 1 heterocycles. The summed E-state index contributed by atoms with van der Waals surface area (Å²) in [4.78, 5) is 24.0. The Morgan fingerprint density at radius 2 is 1.80 bits per heavy atom. The Hall–Kier alpha value is -3.20. The number of carbonyl (C=O) groups excluding carboxylic acids is 2. The summed E-state index contributed by atoms with van der Waals surface area (Å²) in [5.74, 6) is -1.13. The molecule has 0 unspecified atom stereocenters. The largest absolute Gasteiger partial charge is 0.354 e. The number of hydrogen-bond acceptors (Lipinski definition) is 5. The highest BCUT2D eigenvalue weighted by molar-refractivity contribution is 7.99. The van der Waals surface area contributed by atoms with Gasteiger partial charge in [-0.1, -0.05) is 49.0 Å². The molecule has 0 atom stereocenters. The molecule has 0 aliphatic carbocycles. The fraction of sp³-hybridized carbons (Fsp3) is 0.238. The number of nitrogens with zero attached hydrogens (tertiary/aromatic N) is 3. The molecule has 0 fully saturated rings. The van der Waals surface area contributed by atoms with Gasteiger partial charge in [-0.2, -0.15) is 0 Å². The zero-order chi connectivity index (χ0) is 21.3. The molecule has 1 aromatic heterocycles. The van der Waals surface area contributed by atoms with Crippen molar-refractivity contribution in [3.63, 3.8) is 0 Å². The minimum Gasteiger partial charge on any atom is -0.354 e. The van der Waals surface area contributed by atoms with Crippen molar-refractivity contribution in [3.05, 3.63) is 71.8 Å². The number of para-hydroxylation sites is 1. The summed E-state index contributed by atoms with van der Waals surface area (Å²) >= 11 is 1.28. The van der Waals surface area contributed by atoms with Gasteiger partial charge in [0.1, 0.15) is 12.1 Å². The average Bonchev–Trinajstić information content (AvgIpc) is 3.24. The van der Waals surface area contributed by atoms with Crippen molar-refractivity contribution in [2.75, 3.05) is 18.8 Å². The lowest BCUT2D eigenvalue weighted by molar-refractivity contribution is -0.118. The van der Waals surface area contributed by atoms with Crippen molar-refractivity contribution < 1.29 is 14.0 Å². The number of halogens is 1. The molecule has 0 aliphatic heterocycles. The third-order valence-corrected chi connectivity index (χ3v) is 5.28. The van der Waals surface area contributed by atoms with Crippen LogP contribution in [0.15, 0.2) is 60.0 Å². The Morgan fingerprint density at radius 1 is 1.07 bits per heavy atom. The molecule has 0 saturated carbocycles. The molecule has 0 bridgehead atoms. The van der Waals surface area contributed by atoms with Gasteiger partial charge in [-0.3, -0.25) is 14.2 Å². The van der Waals surface area contributed by atoms with Crippen molar-refractivity contribution in [1.82, 2.24) is 25.4 Å². The molecule has 30 heavy (non-hydrogen) atoms. The highest BCUT2D eigenvalue weighted by atomic mass is 32.2. The van der Waals surface area contributed by atoms with E-state index in [0.717, 1.165) is 17.7 Å². The maximum atomic E-state index is 13.6. The van der Waals surface area contributed by atoms with E-state index >= 15 is 0 Å². The monoisotopic (exact) mass is 427 g/mol. The van der Waals surface area contributed by atoms with Gasteiger partial charge in [-0.05, 0) is 30.2 Å². The second-order valence-electron chi connectivity index (χ2n) is 6.34. The number of thioether (sulfide) groups is 1. The first-order chi connectivity index (χ1) is 14.6. The van der Waals surface area contributed by atoms with E-state index in [1.807, 2.05) is 28.8 Å². The molecule has 2 aromatic carbocycles. The van der Waals surface area contributed by atoms with Crippen LogP contribution >= 0.6 is 11.8 Å². The van der Waals surface area contributed by atoms with Crippen LogP contribution in [0.4, 0.5) is 4.39 Å². The molecule has 0 spiro atoms. The summed E-state index contributed by atoms with van der Waals surface area (Å²) < 4.78 is 15.4. The van der Waals surface area contributed by atoms with Crippen molar-refractivity contribution in [1.29, 1.82) is 0 Å². The summed E-state index contributed by atoms with van der Waals surface area (Å²) in [6.07, 6.45) is 2.50. The first-order valence-electron chi connectivity index (χ1n) is 9.50. The van der Waals surface area contributed by atoms with Gasteiger partial charge >= 0.3 is 0 Å². The number of rotatable bonds is 9. The van der Waals surface area contributed by atoms with Crippen LogP contribution in [0.1, 0.15) is 22.8 Å². The molecule has 156 valence electrons. The number of hydrogen-bond donors (Lipinski definition) is 2. The SMILES string of the molecule is CCc1ccccc1-n1cnnc1SCC(=O)NCCNC(=O)c1ccccc1F. The zero-order valence-corrected chi connectivity index (χ0v) is 17.3. The average molecular weight is 428 g/mol. The normalized spacial score (nSPS) is 10.6. The van der Waals surface area contributed by atoms with E-state index in [2.05, 4.69) is 27.8 Å². The van der Waals surface area contributed by atoms with E-state index in [9.17, 15) is 14.0 Å². The fourth-order valence-electron chi connectivity index (χ4n) is 2.83. The minimum absolute atomic E-state index is 0.0221. The Morgan fingerprint density at radius 3 is 2.60 bits per heavy atom. The predicted octanol–water partition coefficient (Wildman–Crippen LogP) is 2.61. The fourth-order valence-corrected chi connectivity index (χ4v) is 3.58. The second-order valence-corrected chi connectivity index (χ2v) is 7.28. The van der Waals surface area contributed by atoms with Gasteiger partial charge in [0.25, 0.3) is 5.91 Å². The minimum atomic E-state index is -0.579. The van der Waals surface area contributed by atoms with Crippen LogP contribution in [-0.2, 0) is 11.2 Å². The Labute approximate surface area is 178 Å². The number of aromatic nitrogens is 3. The lowest BCUT2D eigenvalue weighted by Gasteiger charge is -2.11. The summed E-state index contributed by atoms with van der Waals surface area (Å²) in [5, 5.41) is 14.0. The van der Waals surface area contributed by atoms with Crippen LogP contribution in [0, 0.1) is 5.82 Å². The third kappa shape index (κ3) is 5.44. The third-order valence-electron chi connectivity index (χ3n) is 4.33. The maximum Gasteiger partial charge on any atom is 0.254 e. The van der Waals surface area contributed by atoms with Crippen LogP contribution in [0.2, 0.25) is 0 Å². The number of amides is 2. The van der Waals surface area contributed by atoms with Crippen molar-refractivity contribution in [2.45, 2.75) is 18.5 Å². The second kappa shape index (κ2) is 10.5. The molecule has 0 aliphatic rings. The summed E-state index contributed by atoms with van der Waals surface area (Å²) in [5.41, 5.74) is 2.13. The van der Waals surface area contributed by atoms with Gasteiger partial charge in [-0.15, -0.1) is 10.2 Å². The standard InChI is InChI=1S/C21H22FN5O2S/c1-2-15-7-3-6-10-18(15)27-14-25-26-21(27)30-13-19(28)23-11-12-24-20(29)16-8-4-5-9-17(16)22/h3-10,14H,2,11-13H2,1H3,(H,23,28)(H,24,29). The first kappa shape index (κ1) is 21.5. The number of benzene rings is 2. The predicted molar refractivity (Wildman–Crippen MR) is 113 cm³/mol. The summed E-state index contributed by atoms with van der Waals surface area (Å²) in [7, 11) is 0. The molecule has 0 saturated heterocycles. The van der Waals surface area contributed by atoms with Crippen LogP contribution in [0.5, 0.6) is 0 Å². The maximum absolute atomic E-state index is 13.6. The molecule has 0 radical (unpaired) electrons. The quantitative estimate of drug-likeness (QED) is 0.405. The van der Waals surface area contributed by atoms with Crippen LogP contribution in [0.3, 0.4) is 0 Å². The smallest absolute Gasteiger partial charge is 0.254 e. The molecule has 7 nitrogen and oxygen atoms in total. The van der Waals surface area contributed by atoms with Crippen LogP contribution in [0.25, 0.3) is 5.69 Å². The van der Waals surface area contributed by atoms with Gasteiger partial charge in [0.15, 0.2) is 5.16 Å². The molecule has 2 amide bonds. The number of aryl methyl sites for hydroxylation is 1. The van der Waals surface area contributed by atoms with Gasteiger partial charge in [0.05, 0.1) is 17.0 Å². The Balaban J connectivity index is 1.45. The highest BCUT2D eigenvalue weighted by Crippen LogP contribution is 2.22. The van der Waals surface area contributed by atoms with Crippen molar-refractivity contribution in [3.8, 4) is 5.69 Å². The topological polar surface area (TPSA) is 88.9 Å². The van der Waals surface area contributed by atoms with Gasteiger partial charge in [-0.25, -0.2) is 4.39 Å². The van der Waals surface area contributed by atoms with Crippen molar-refractivity contribution in [2.24, 2.45) is 0 Å². The molecular formula is C21H22FN5O2S. The first-order valence-corrected chi connectivity index (χ1v) is 10.5. The van der Waals surface area contributed by atoms with Gasteiger partial charge < -0.3 is 10.6 Å². The van der Waals surface area contributed by atoms with E-state index in [0.29, 0.717) is 5.16 Å². The summed E-state index contributed by atoms with van der Waals surface area (Å²) in [6, 6.07) is 13.7. The lowest BCUT2D eigenvalue weighted by Crippen LogP contribution is -2.35. The number of carbonyl (C=O) groups is 2. The van der Waals surface area contributed by atoms with E-state index in [1.165, 1.54) is 30.0 Å². The van der Waals surface area contributed by atoms with E-state index in [4.69, 9.17) is 0 Å². The molecule has 9 heteroatoms. The molecular weight excluding hydrogens is 405 g/mol. The Kier molecular flexibility index (Phi) is 7.56. The molecule has 2 N–H and O–H groups in total. The summed E-state index contributed by atoms with van der Waals surface area (Å²) in [6.45, 7) is 2.52. The molecule has 3 rings (SSSR count). The molecule has 3 aromatic rings. The van der Waals surface area contributed by atoms with E-state index < -0.39 is 11.7 Å². The van der Waals surface area contributed by atoms with Crippen LogP contribution < -0.4 is 10.6 Å². The van der Waals surface area contributed by atoms with Gasteiger partial charge in [0, 0.05) is 13.1 Å². The van der Waals surface area contributed by atoms with Crippen molar-refractivity contribution >= 4 is 23.6 Å². The Bertz CT molecular complexity index is 1020. The highest BCUT2D eigenvalue weighted by Gasteiger charge is 2.13. The van der Waals surface area contributed by atoms with E-state index in [1.54, 1.807) is 12.4 Å². The lowest BCUT2D eigenvalue weighted by atomic mass is 10.1. The van der Waals surface area contributed by atoms with E-state index in [-0.39, 0.29) is 30.3 Å². The number of nitrogens with one attached hydrogen (secondary N) is 2. The van der Waals surface area contributed by atoms with Gasteiger partial charge in [0.2, 0.25) is 5.91 Å². The van der Waals surface area contributed by atoms with Crippen LogP contribution in [-0.4, -0.2) is 45.4 Å².